The highest BCUT2D eigenvalue weighted by Gasteiger charge is 2.37. The molecule has 0 amide bonds. The minimum absolute atomic E-state index is 0.126. The number of rotatable bonds is 1. The fourth-order valence-electron chi connectivity index (χ4n) is 4.09. The topological polar surface area (TPSA) is 68.9 Å². The van der Waals surface area contributed by atoms with Gasteiger partial charge in [0, 0.05) is 17.5 Å². The van der Waals surface area contributed by atoms with Gasteiger partial charge in [0.15, 0.2) is 5.58 Å². The molecular formula is C24H22O5. The molecule has 1 unspecified atom stereocenters. The van der Waals surface area contributed by atoms with Gasteiger partial charge in [0.05, 0.1) is 29.2 Å². The zero-order valence-electron chi connectivity index (χ0n) is 16.6. The molecule has 148 valence electrons. The van der Waals surface area contributed by atoms with Crippen molar-refractivity contribution in [2.24, 2.45) is 5.92 Å². The maximum Gasteiger partial charge on any atom is 0.336 e. The molecule has 0 aliphatic carbocycles. The molecule has 3 aromatic rings. The molecule has 2 aliphatic heterocycles. The van der Waals surface area contributed by atoms with Crippen LogP contribution < -0.4 is 15.1 Å². The predicted molar refractivity (Wildman–Crippen MR) is 111 cm³/mol. The number of hydrogen-bond acceptors (Lipinski definition) is 5. The largest absolute Gasteiger partial charge is 0.492 e. The monoisotopic (exact) mass is 390 g/mol. The molecule has 0 spiro atoms. The van der Waals surface area contributed by atoms with Crippen molar-refractivity contribution in [1.82, 2.24) is 0 Å². The number of benzene rings is 2. The SMILES string of the molecule is CC1COc2c3c(c4c(-c5ccccc5)cc(=O)oc4c2[C@H]1O)OC(C)(C)C=C3. The van der Waals surface area contributed by atoms with E-state index < -0.39 is 17.3 Å². The number of fused-ring (bicyclic) bond motifs is 6. The number of aliphatic hydroxyl groups is 1. The number of hydrogen-bond donors (Lipinski definition) is 1. The molecule has 0 bridgehead atoms. The lowest BCUT2D eigenvalue weighted by Crippen LogP contribution is -2.30. The minimum Gasteiger partial charge on any atom is -0.492 e. The molecule has 1 N–H and O–H groups in total. The van der Waals surface area contributed by atoms with Crippen LogP contribution in [0.15, 0.2) is 51.7 Å². The maximum absolute atomic E-state index is 12.5. The molecule has 5 rings (SSSR count). The first-order valence-corrected chi connectivity index (χ1v) is 9.78. The van der Waals surface area contributed by atoms with Crippen LogP contribution in [0, 0.1) is 5.92 Å². The third-order valence-electron chi connectivity index (χ3n) is 5.59. The van der Waals surface area contributed by atoms with Crippen LogP contribution in [0.3, 0.4) is 0 Å². The Balaban J connectivity index is 1.97. The summed E-state index contributed by atoms with van der Waals surface area (Å²) in [5.74, 6) is 1.01. The molecule has 2 atom stereocenters. The van der Waals surface area contributed by atoms with Gasteiger partial charge in [-0.1, -0.05) is 37.3 Å². The summed E-state index contributed by atoms with van der Waals surface area (Å²) in [6.45, 7) is 6.23. The third kappa shape index (κ3) is 2.76. The van der Waals surface area contributed by atoms with Crippen LogP contribution in [0.25, 0.3) is 28.2 Å². The van der Waals surface area contributed by atoms with Crippen molar-refractivity contribution in [2.45, 2.75) is 32.5 Å². The van der Waals surface area contributed by atoms with E-state index in [-0.39, 0.29) is 5.92 Å². The smallest absolute Gasteiger partial charge is 0.336 e. The molecule has 3 heterocycles. The van der Waals surface area contributed by atoms with Crippen LogP contribution >= 0.6 is 0 Å². The highest BCUT2D eigenvalue weighted by atomic mass is 16.5. The van der Waals surface area contributed by atoms with Crippen molar-refractivity contribution in [3.05, 3.63) is 64.0 Å². The van der Waals surface area contributed by atoms with Crippen molar-refractivity contribution >= 4 is 17.0 Å². The van der Waals surface area contributed by atoms with Gasteiger partial charge in [-0.2, -0.15) is 0 Å². The molecule has 2 aliphatic rings. The summed E-state index contributed by atoms with van der Waals surface area (Å²) in [5.41, 5.74) is 2.20. The highest BCUT2D eigenvalue weighted by molar-refractivity contribution is 6.04. The van der Waals surface area contributed by atoms with Crippen LogP contribution in [0.2, 0.25) is 0 Å². The maximum atomic E-state index is 12.5. The van der Waals surface area contributed by atoms with Crippen molar-refractivity contribution in [1.29, 1.82) is 0 Å². The molecule has 2 aromatic carbocycles. The summed E-state index contributed by atoms with van der Waals surface area (Å²) in [6.07, 6.45) is 3.14. The van der Waals surface area contributed by atoms with E-state index in [1.165, 1.54) is 6.07 Å². The first kappa shape index (κ1) is 18.0. The van der Waals surface area contributed by atoms with Crippen molar-refractivity contribution < 1.29 is 19.0 Å². The lowest BCUT2D eigenvalue weighted by molar-refractivity contribution is 0.0600. The summed E-state index contributed by atoms with van der Waals surface area (Å²) < 4.78 is 18.0. The van der Waals surface area contributed by atoms with Gasteiger partial charge in [0.25, 0.3) is 0 Å². The molecule has 5 heteroatoms. The zero-order chi connectivity index (χ0) is 20.3. The van der Waals surface area contributed by atoms with E-state index >= 15 is 0 Å². The van der Waals surface area contributed by atoms with Crippen molar-refractivity contribution in [2.75, 3.05) is 6.61 Å². The van der Waals surface area contributed by atoms with E-state index in [9.17, 15) is 9.90 Å². The molecule has 5 nitrogen and oxygen atoms in total. The van der Waals surface area contributed by atoms with Crippen LogP contribution in [-0.2, 0) is 0 Å². The standard InChI is InChI=1S/C24H22O5/c1-13-12-27-21-15-9-10-24(2,3)29-22(15)18-16(14-7-5-4-6-8-14)11-17(25)28-23(18)19(21)20(13)26/h4-11,13,20,26H,12H2,1-3H3/t13?,20-/m0/s1. The van der Waals surface area contributed by atoms with E-state index in [4.69, 9.17) is 13.9 Å². The van der Waals surface area contributed by atoms with Crippen LogP contribution in [-0.4, -0.2) is 17.3 Å². The second-order valence-electron chi connectivity index (χ2n) is 8.31. The van der Waals surface area contributed by atoms with Crippen LogP contribution in [0.4, 0.5) is 0 Å². The Kier molecular flexibility index (Phi) is 3.87. The van der Waals surface area contributed by atoms with Gasteiger partial charge in [-0.3, -0.25) is 0 Å². The van der Waals surface area contributed by atoms with Crippen molar-refractivity contribution in [3.63, 3.8) is 0 Å². The Hall–Kier alpha value is -3.05. The molecular weight excluding hydrogens is 368 g/mol. The third-order valence-corrected chi connectivity index (χ3v) is 5.59. The molecule has 0 radical (unpaired) electrons. The molecule has 29 heavy (non-hydrogen) atoms. The van der Waals surface area contributed by atoms with Crippen LogP contribution in [0.5, 0.6) is 11.5 Å². The first-order valence-electron chi connectivity index (χ1n) is 9.78. The summed E-state index contributed by atoms with van der Waals surface area (Å²) in [5, 5.41) is 11.7. The molecule has 1 aromatic heterocycles. The van der Waals surface area contributed by atoms with Gasteiger partial charge in [-0.25, -0.2) is 4.79 Å². The Morgan fingerprint density at radius 1 is 1.14 bits per heavy atom. The molecule has 0 saturated heterocycles. The first-order chi connectivity index (χ1) is 13.9. The lowest BCUT2D eigenvalue weighted by Gasteiger charge is -2.34. The van der Waals surface area contributed by atoms with Gasteiger partial charge in [-0.05, 0) is 31.6 Å². The van der Waals surface area contributed by atoms with Gasteiger partial charge in [0.1, 0.15) is 17.1 Å². The van der Waals surface area contributed by atoms with Gasteiger partial charge in [-0.15, -0.1) is 0 Å². The highest BCUT2D eigenvalue weighted by Crippen LogP contribution is 2.52. The molecule has 0 fully saturated rings. The summed E-state index contributed by atoms with van der Waals surface area (Å²) in [4.78, 5) is 12.5. The molecule has 0 saturated carbocycles. The Labute approximate surface area is 168 Å². The van der Waals surface area contributed by atoms with Gasteiger partial charge >= 0.3 is 5.63 Å². The predicted octanol–water partition coefficient (Wildman–Crippen LogP) is 4.71. The van der Waals surface area contributed by atoms with E-state index in [0.29, 0.717) is 40.2 Å². The quantitative estimate of drug-likeness (QED) is 0.610. The lowest BCUT2D eigenvalue weighted by atomic mass is 9.87. The second-order valence-corrected chi connectivity index (χ2v) is 8.31. The van der Waals surface area contributed by atoms with Crippen LogP contribution in [0.1, 0.15) is 38.0 Å². The fourth-order valence-corrected chi connectivity index (χ4v) is 4.09. The summed E-state index contributed by atoms with van der Waals surface area (Å²) in [6, 6.07) is 11.1. The van der Waals surface area contributed by atoms with Gasteiger partial charge in [0.2, 0.25) is 0 Å². The number of ether oxygens (including phenoxy) is 2. The van der Waals surface area contributed by atoms with E-state index in [0.717, 1.165) is 11.1 Å². The van der Waals surface area contributed by atoms with Crippen molar-refractivity contribution in [3.8, 4) is 22.6 Å². The second kappa shape index (κ2) is 6.22. The Morgan fingerprint density at radius 3 is 2.66 bits per heavy atom. The normalized spacial score (nSPS) is 21.8. The fraction of sp³-hybridized carbons (Fsp3) is 0.292. The van der Waals surface area contributed by atoms with E-state index in [2.05, 4.69) is 0 Å². The summed E-state index contributed by atoms with van der Waals surface area (Å²) >= 11 is 0. The van der Waals surface area contributed by atoms with Gasteiger partial charge < -0.3 is 19.0 Å². The average molecular weight is 390 g/mol. The summed E-state index contributed by atoms with van der Waals surface area (Å²) in [7, 11) is 0. The average Bonchev–Trinajstić information content (AvgIpc) is 2.69. The number of aliphatic hydroxyl groups excluding tert-OH is 1. The Morgan fingerprint density at radius 2 is 1.90 bits per heavy atom. The van der Waals surface area contributed by atoms with E-state index in [1.54, 1.807) is 0 Å². The zero-order valence-corrected chi connectivity index (χ0v) is 16.6. The van der Waals surface area contributed by atoms with E-state index in [1.807, 2.05) is 63.3 Å². The minimum atomic E-state index is -0.802. The Bertz CT molecular complexity index is 1200.